The highest BCUT2D eigenvalue weighted by atomic mass is 32.2. The predicted octanol–water partition coefficient (Wildman–Crippen LogP) is 0.977. The maximum absolute atomic E-state index is 12.5. The Morgan fingerprint density at radius 1 is 1.32 bits per heavy atom. The first kappa shape index (κ1) is 18.2. The molecule has 2 heterocycles. The van der Waals surface area contributed by atoms with Gasteiger partial charge in [0.1, 0.15) is 5.69 Å². The molecule has 0 saturated heterocycles. The minimum Gasteiger partial charge on any atom is -0.339 e. The standard InChI is InChI=1S/C14H19F3N4O3S/c1-20-2-3-21-12(13(20)22)10(6-18-21)7-19-25(23,24)8-9-4-11(5-9)14(15,16)17/h6,9,11,19H,2-5,7-8H2,1H3. The summed E-state index contributed by atoms with van der Waals surface area (Å²) in [6, 6.07) is 0. The predicted molar refractivity (Wildman–Crippen MR) is 82.1 cm³/mol. The molecule has 1 aliphatic heterocycles. The Hall–Kier alpha value is -1.62. The number of aromatic nitrogens is 2. The lowest BCUT2D eigenvalue weighted by molar-refractivity contribution is -0.202. The topological polar surface area (TPSA) is 84.3 Å². The average Bonchev–Trinajstić information content (AvgIpc) is 2.87. The minimum atomic E-state index is -4.25. The monoisotopic (exact) mass is 380 g/mol. The van der Waals surface area contributed by atoms with Crippen LogP contribution < -0.4 is 4.72 Å². The number of hydrogen-bond donors (Lipinski definition) is 1. The highest BCUT2D eigenvalue weighted by molar-refractivity contribution is 7.89. The summed E-state index contributed by atoms with van der Waals surface area (Å²) in [7, 11) is -2.07. The molecule has 0 unspecified atom stereocenters. The van der Waals surface area contributed by atoms with E-state index in [1.165, 1.54) is 15.8 Å². The van der Waals surface area contributed by atoms with E-state index in [9.17, 15) is 26.4 Å². The van der Waals surface area contributed by atoms with Crippen molar-refractivity contribution in [2.75, 3.05) is 19.3 Å². The maximum atomic E-state index is 12.5. The van der Waals surface area contributed by atoms with Gasteiger partial charge >= 0.3 is 6.18 Å². The normalized spacial score (nSPS) is 24.2. The number of sulfonamides is 1. The molecule has 0 atom stereocenters. The Morgan fingerprint density at radius 3 is 2.64 bits per heavy atom. The van der Waals surface area contributed by atoms with Crippen LogP contribution in [0.3, 0.4) is 0 Å². The van der Waals surface area contributed by atoms with E-state index in [0.29, 0.717) is 24.3 Å². The molecular weight excluding hydrogens is 361 g/mol. The number of hydrogen-bond acceptors (Lipinski definition) is 4. The molecule has 11 heteroatoms. The Kier molecular flexibility index (Phi) is 4.56. The Balaban J connectivity index is 1.57. The van der Waals surface area contributed by atoms with Crippen LogP contribution in [0.1, 0.15) is 28.9 Å². The van der Waals surface area contributed by atoms with Crippen LogP contribution >= 0.6 is 0 Å². The number of carbonyl (C=O) groups excluding carboxylic acids is 1. The first-order valence-corrected chi connectivity index (χ1v) is 9.56. The zero-order chi connectivity index (χ0) is 18.4. The number of halogens is 3. The van der Waals surface area contributed by atoms with Gasteiger partial charge in [0.15, 0.2) is 0 Å². The molecular formula is C14H19F3N4O3S. The zero-order valence-electron chi connectivity index (χ0n) is 13.6. The highest BCUT2D eigenvalue weighted by Crippen LogP contribution is 2.45. The van der Waals surface area contributed by atoms with Gasteiger partial charge in [0.2, 0.25) is 10.0 Å². The molecule has 1 aromatic heterocycles. The molecule has 7 nitrogen and oxygen atoms in total. The summed E-state index contributed by atoms with van der Waals surface area (Å²) in [5.74, 6) is -2.46. The first-order chi connectivity index (χ1) is 11.6. The van der Waals surface area contributed by atoms with Gasteiger partial charge in [-0.15, -0.1) is 0 Å². The molecule has 0 aromatic carbocycles. The van der Waals surface area contributed by atoms with E-state index in [1.54, 1.807) is 7.05 Å². The lowest BCUT2D eigenvalue weighted by atomic mass is 9.76. The molecule has 1 N–H and O–H groups in total. The van der Waals surface area contributed by atoms with Crippen LogP contribution in [-0.2, 0) is 23.1 Å². The van der Waals surface area contributed by atoms with E-state index in [1.807, 2.05) is 0 Å². The van der Waals surface area contributed by atoms with E-state index >= 15 is 0 Å². The van der Waals surface area contributed by atoms with Gasteiger partial charge in [-0.05, 0) is 18.8 Å². The number of amides is 1. The van der Waals surface area contributed by atoms with Crippen LogP contribution in [0.2, 0.25) is 0 Å². The van der Waals surface area contributed by atoms with Gasteiger partial charge in [-0.1, -0.05) is 0 Å². The molecule has 0 radical (unpaired) electrons. The molecule has 1 aromatic rings. The number of fused-ring (bicyclic) bond motifs is 1. The van der Waals surface area contributed by atoms with Crippen molar-refractivity contribution in [3.63, 3.8) is 0 Å². The molecule has 1 fully saturated rings. The van der Waals surface area contributed by atoms with Gasteiger partial charge in [0, 0.05) is 25.7 Å². The number of carbonyl (C=O) groups is 1. The van der Waals surface area contributed by atoms with Crippen LogP contribution in [0.4, 0.5) is 13.2 Å². The fourth-order valence-corrected chi connectivity index (χ4v) is 4.58. The molecule has 1 aliphatic carbocycles. The van der Waals surface area contributed by atoms with Crippen molar-refractivity contribution in [1.82, 2.24) is 19.4 Å². The second-order valence-corrected chi connectivity index (χ2v) is 8.50. The zero-order valence-corrected chi connectivity index (χ0v) is 14.4. The average molecular weight is 380 g/mol. The van der Waals surface area contributed by atoms with E-state index in [4.69, 9.17) is 0 Å². The van der Waals surface area contributed by atoms with E-state index in [0.717, 1.165) is 0 Å². The number of nitrogens with one attached hydrogen (secondary N) is 1. The molecule has 1 saturated carbocycles. The Labute approximate surface area is 143 Å². The molecule has 3 rings (SSSR count). The van der Waals surface area contributed by atoms with Crippen LogP contribution in [0, 0.1) is 11.8 Å². The fraction of sp³-hybridized carbons (Fsp3) is 0.714. The van der Waals surface area contributed by atoms with Gasteiger partial charge in [-0.2, -0.15) is 18.3 Å². The Bertz CT molecular complexity index is 769. The second-order valence-electron chi connectivity index (χ2n) is 6.65. The lowest BCUT2D eigenvalue weighted by Gasteiger charge is -2.36. The van der Waals surface area contributed by atoms with Crippen LogP contribution in [-0.4, -0.2) is 54.5 Å². The van der Waals surface area contributed by atoms with E-state index in [-0.39, 0.29) is 31.0 Å². The lowest BCUT2D eigenvalue weighted by Crippen LogP contribution is -2.41. The van der Waals surface area contributed by atoms with Crippen molar-refractivity contribution in [3.8, 4) is 0 Å². The van der Waals surface area contributed by atoms with Crippen molar-refractivity contribution in [2.45, 2.75) is 32.1 Å². The summed E-state index contributed by atoms with van der Waals surface area (Å²) in [5, 5.41) is 4.08. The minimum absolute atomic E-state index is 0.104. The van der Waals surface area contributed by atoms with Gasteiger partial charge in [0.05, 0.1) is 24.4 Å². The molecule has 1 amide bonds. The SMILES string of the molecule is CN1CCn2ncc(CNS(=O)(=O)CC3CC(C(F)(F)F)C3)c2C1=O. The molecule has 2 aliphatic rings. The number of likely N-dealkylation sites (N-methyl/N-ethyl adjacent to an activating group) is 1. The third-order valence-corrected chi connectivity index (χ3v) is 6.24. The van der Waals surface area contributed by atoms with Crippen LogP contribution in [0.5, 0.6) is 0 Å². The molecule has 140 valence electrons. The van der Waals surface area contributed by atoms with Gasteiger partial charge in [-0.25, -0.2) is 13.1 Å². The Morgan fingerprint density at radius 2 is 2.00 bits per heavy atom. The maximum Gasteiger partial charge on any atom is 0.391 e. The van der Waals surface area contributed by atoms with Crippen LogP contribution in [0.25, 0.3) is 0 Å². The van der Waals surface area contributed by atoms with Gasteiger partial charge < -0.3 is 4.90 Å². The van der Waals surface area contributed by atoms with Gasteiger partial charge in [-0.3, -0.25) is 9.48 Å². The molecule has 25 heavy (non-hydrogen) atoms. The number of alkyl halides is 3. The summed E-state index contributed by atoms with van der Waals surface area (Å²) in [6.07, 6.45) is -3.12. The highest BCUT2D eigenvalue weighted by Gasteiger charge is 2.48. The quantitative estimate of drug-likeness (QED) is 0.825. The third-order valence-electron chi connectivity index (χ3n) is 4.75. The van der Waals surface area contributed by atoms with E-state index < -0.39 is 28.0 Å². The van der Waals surface area contributed by atoms with Crippen molar-refractivity contribution in [1.29, 1.82) is 0 Å². The summed E-state index contributed by atoms with van der Waals surface area (Å²) in [6.45, 7) is 0.957. The first-order valence-electron chi connectivity index (χ1n) is 7.91. The molecule has 0 bridgehead atoms. The summed E-state index contributed by atoms with van der Waals surface area (Å²) < 4.78 is 65.4. The van der Waals surface area contributed by atoms with Crippen molar-refractivity contribution < 1.29 is 26.4 Å². The fourth-order valence-electron chi connectivity index (χ4n) is 3.19. The molecule has 0 spiro atoms. The summed E-state index contributed by atoms with van der Waals surface area (Å²) in [4.78, 5) is 13.7. The van der Waals surface area contributed by atoms with Gasteiger partial charge in [0.25, 0.3) is 5.91 Å². The largest absolute Gasteiger partial charge is 0.391 e. The van der Waals surface area contributed by atoms with Crippen molar-refractivity contribution in [2.24, 2.45) is 11.8 Å². The van der Waals surface area contributed by atoms with Crippen LogP contribution in [0.15, 0.2) is 6.20 Å². The van der Waals surface area contributed by atoms with Crippen molar-refractivity contribution in [3.05, 3.63) is 17.5 Å². The second kappa shape index (κ2) is 6.27. The van der Waals surface area contributed by atoms with E-state index in [2.05, 4.69) is 9.82 Å². The van der Waals surface area contributed by atoms with Crippen molar-refractivity contribution >= 4 is 15.9 Å². The number of rotatable bonds is 5. The number of nitrogens with zero attached hydrogens (tertiary/aromatic N) is 3. The third kappa shape index (κ3) is 3.81. The summed E-state index contributed by atoms with van der Waals surface area (Å²) in [5.41, 5.74) is 0.805. The summed E-state index contributed by atoms with van der Waals surface area (Å²) >= 11 is 0. The smallest absolute Gasteiger partial charge is 0.339 e.